The second-order valence-corrected chi connectivity index (χ2v) is 4.26. The van der Waals surface area contributed by atoms with E-state index in [0.717, 1.165) is 6.42 Å². The highest BCUT2D eigenvalue weighted by molar-refractivity contribution is 5.48. The van der Waals surface area contributed by atoms with Crippen LogP contribution in [0.1, 0.15) is 24.7 Å². The van der Waals surface area contributed by atoms with E-state index in [1.807, 2.05) is 6.92 Å². The smallest absolute Gasteiger partial charge is 0.276 e. The van der Waals surface area contributed by atoms with Gasteiger partial charge in [0.2, 0.25) is 0 Å². The van der Waals surface area contributed by atoms with E-state index < -0.39 is 4.92 Å². The molecule has 2 rings (SSSR count). The minimum atomic E-state index is -0.427. The summed E-state index contributed by atoms with van der Waals surface area (Å²) >= 11 is 0. The molecule has 106 valence electrons. The summed E-state index contributed by atoms with van der Waals surface area (Å²) in [5.74, 6) is 1.06. The third-order valence-corrected chi connectivity index (χ3v) is 2.85. The molecule has 0 N–H and O–H groups in total. The van der Waals surface area contributed by atoms with Crippen molar-refractivity contribution >= 4 is 5.69 Å². The molecule has 8 heteroatoms. The van der Waals surface area contributed by atoms with Crippen LogP contribution in [0.4, 0.5) is 5.69 Å². The molecule has 0 fully saturated rings. The van der Waals surface area contributed by atoms with Crippen LogP contribution in [0.25, 0.3) is 0 Å². The van der Waals surface area contributed by atoms with Gasteiger partial charge in [-0.3, -0.25) is 10.1 Å². The number of hydrogen-bond donors (Lipinski definition) is 0. The molecule has 1 aromatic heterocycles. The SMILES string of the molecule is CCCn1nnnc1COc1cccc([N+](=O)[O-])c1C. The molecule has 0 unspecified atom stereocenters. The minimum absolute atomic E-state index is 0.0376. The van der Waals surface area contributed by atoms with Gasteiger partial charge in [-0.25, -0.2) is 4.68 Å². The van der Waals surface area contributed by atoms with Crippen LogP contribution >= 0.6 is 0 Å². The molecule has 2 aromatic rings. The summed E-state index contributed by atoms with van der Waals surface area (Å²) < 4.78 is 7.25. The lowest BCUT2D eigenvalue weighted by Gasteiger charge is -2.08. The van der Waals surface area contributed by atoms with Crippen molar-refractivity contribution in [1.82, 2.24) is 20.2 Å². The molecule has 0 radical (unpaired) electrons. The first-order valence-corrected chi connectivity index (χ1v) is 6.25. The lowest BCUT2D eigenvalue weighted by atomic mass is 10.2. The Kier molecular flexibility index (Phi) is 4.24. The maximum atomic E-state index is 10.9. The number of aromatic nitrogens is 4. The maximum Gasteiger partial charge on any atom is 0.276 e. The van der Waals surface area contributed by atoms with Gasteiger partial charge in [-0.2, -0.15) is 0 Å². The topological polar surface area (TPSA) is 96.0 Å². The summed E-state index contributed by atoms with van der Waals surface area (Å²) in [6.07, 6.45) is 0.911. The van der Waals surface area contributed by atoms with Crippen molar-refractivity contribution in [3.63, 3.8) is 0 Å². The quantitative estimate of drug-likeness (QED) is 0.590. The standard InChI is InChI=1S/C12H15N5O3/c1-3-7-16-12(13-14-15-16)8-20-11-6-4-5-10(9(11)2)17(18)19/h4-6H,3,7-8H2,1-2H3. The van der Waals surface area contributed by atoms with Crippen molar-refractivity contribution < 1.29 is 9.66 Å². The average Bonchev–Trinajstić information content (AvgIpc) is 2.85. The Balaban J connectivity index is 2.13. The fraction of sp³-hybridized carbons (Fsp3) is 0.417. The molecule has 0 aliphatic rings. The molecular weight excluding hydrogens is 262 g/mol. The van der Waals surface area contributed by atoms with Crippen LogP contribution in [-0.2, 0) is 13.2 Å². The van der Waals surface area contributed by atoms with E-state index in [4.69, 9.17) is 4.74 Å². The Morgan fingerprint density at radius 1 is 1.45 bits per heavy atom. The molecule has 0 aliphatic carbocycles. The van der Waals surface area contributed by atoms with Gasteiger partial charge in [-0.05, 0) is 29.8 Å². The number of benzene rings is 1. The van der Waals surface area contributed by atoms with Crippen molar-refractivity contribution in [2.45, 2.75) is 33.4 Å². The average molecular weight is 277 g/mol. The maximum absolute atomic E-state index is 10.9. The summed E-state index contributed by atoms with van der Waals surface area (Å²) in [6.45, 7) is 4.56. The molecule has 8 nitrogen and oxygen atoms in total. The number of nitro groups is 1. The summed E-state index contributed by atoms with van der Waals surface area (Å²) in [5, 5.41) is 22.2. The molecule has 0 spiro atoms. The van der Waals surface area contributed by atoms with Crippen molar-refractivity contribution in [3.05, 3.63) is 39.7 Å². The van der Waals surface area contributed by atoms with Gasteiger partial charge in [0.1, 0.15) is 12.4 Å². The van der Waals surface area contributed by atoms with Crippen LogP contribution in [0.3, 0.4) is 0 Å². The van der Waals surface area contributed by atoms with Crippen LogP contribution in [0.2, 0.25) is 0 Å². The van der Waals surface area contributed by atoms with Gasteiger partial charge in [0.25, 0.3) is 5.69 Å². The summed E-state index contributed by atoms with van der Waals surface area (Å²) in [7, 11) is 0. The predicted octanol–water partition coefficient (Wildman–Crippen LogP) is 1.88. The number of tetrazole rings is 1. The first-order chi connectivity index (χ1) is 9.63. The minimum Gasteiger partial charge on any atom is -0.485 e. The number of nitrogens with zero attached hydrogens (tertiary/aromatic N) is 5. The van der Waals surface area contributed by atoms with Gasteiger partial charge in [-0.1, -0.05) is 13.0 Å². The highest BCUT2D eigenvalue weighted by Crippen LogP contribution is 2.27. The van der Waals surface area contributed by atoms with E-state index in [2.05, 4.69) is 15.5 Å². The number of rotatable bonds is 6. The largest absolute Gasteiger partial charge is 0.485 e. The molecule has 20 heavy (non-hydrogen) atoms. The van der Waals surface area contributed by atoms with Crippen LogP contribution < -0.4 is 4.74 Å². The second-order valence-electron chi connectivity index (χ2n) is 4.26. The molecule has 0 atom stereocenters. The molecule has 0 saturated heterocycles. The van der Waals surface area contributed by atoms with E-state index in [-0.39, 0.29) is 12.3 Å². The monoisotopic (exact) mass is 277 g/mol. The van der Waals surface area contributed by atoms with Gasteiger partial charge in [0.15, 0.2) is 5.82 Å². The van der Waals surface area contributed by atoms with Crippen molar-refractivity contribution in [1.29, 1.82) is 0 Å². The molecular formula is C12H15N5O3. The molecule has 0 bridgehead atoms. The van der Waals surface area contributed by atoms with Gasteiger partial charge in [0, 0.05) is 12.6 Å². The normalized spacial score (nSPS) is 10.5. The zero-order valence-electron chi connectivity index (χ0n) is 11.3. The first-order valence-electron chi connectivity index (χ1n) is 6.25. The van der Waals surface area contributed by atoms with E-state index in [0.29, 0.717) is 23.7 Å². The van der Waals surface area contributed by atoms with E-state index in [9.17, 15) is 10.1 Å². The Morgan fingerprint density at radius 3 is 2.95 bits per heavy atom. The lowest BCUT2D eigenvalue weighted by Crippen LogP contribution is -2.09. The van der Waals surface area contributed by atoms with Gasteiger partial charge >= 0.3 is 0 Å². The first kappa shape index (κ1) is 13.9. The highest BCUT2D eigenvalue weighted by atomic mass is 16.6. The molecule has 0 saturated carbocycles. The number of aryl methyl sites for hydroxylation is 1. The Bertz CT molecular complexity index is 611. The third-order valence-electron chi connectivity index (χ3n) is 2.85. The predicted molar refractivity (Wildman–Crippen MR) is 70.3 cm³/mol. The van der Waals surface area contributed by atoms with Crippen LogP contribution in [0, 0.1) is 17.0 Å². The summed E-state index contributed by atoms with van der Waals surface area (Å²) in [5.41, 5.74) is 0.530. The van der Waals surface area contributed by atoms with Crippen molar-refractivity contribution in [3.8, 4) is 5.75 Å². The Morgan fingerprint density at radius 2 is 2.25 bits per heavy atom. The zero-order chi connectivity index (χ0) is 14.5. The van der Waals surface area contributed by atoms with Crippen LogP contribution in [0.5, 0.6) is 5.75 Å². The van der Waals surface area contributed by atoms with Gasteiger partial charge in [-0.15, -0.1) is 5.10 Å². The molecule has 0 aliphatic heterocycles. The third kappa shape index (κ3) is 2.90. The Hall–Kier alpha value is -2.51. The molecule has 1 heterocycles. The summed E-state index contributed by atoms with van der Waals surface area (Å²) in [4.78, 5) is 10.4. The second kappa shape index (κ2) is 6.09. The summed E-state index contributed by atoms with van der Waals surface area (Å²) in [6, 6.07) is 4.73. The van der Waals surface area contributed by atoms with E-state index in [1.54, 1.807) is 23.7 Å². The van der Waals surface area contributed by atoms with Gasteiger partial charge in [0.05, 0.1) is 10.5 Å². The number of hydrogen-bond acceptors (Lipinski definition) is 6. The van der Waals surface area contributed by atoms with Gasteiger partial charge < -0.3 is 4.74 Å². The fourth-order valence-corrected chi connectivity index (χ4v) is 1.81. The molecule has 0 amide bonds. The van der Waals surface area contributed by atoms with E-state index >= 15 is 0 Å². The van der Waals surface area contributed by atoms with Crippen LogP contribution in [-0.4, -0.2) is 25.1 Å². The highest BCUT2D eigenvalue weighted by Gasteiger charge is 2.15. The lowest BCUT2D eigenvalue weighted by molar-refractivity contribution is -0.385. The molecule has 1 aromatic carbocycles. The number of ether oxygens (including phenoxy) is 1. The number of nitro benzene ring substituents is 1. The Labute approximate surface area is 115 Å². The van der Waals surface area contributed by atoms with Crippen molar-refractivity contribution in [2.75, 3.05) is 0 Å². The van der Waals surface area contributed by atoms with Crippen LogP contribution in [0.15, 0.2) is 18.2 Å². The van der Waals surface area contributed by atoms with Crippen molar-refractivity contribution in [2.24, 2.45) is 0 Å². The van der Waals surface area contributed by atoms with E-state index in [1.165, 1.54) is 6.07 Å². The zero-order valence-corrected chi connectivity index (χ0v) is 11.3. The fourth-order valence-electron chi connectivity index (χ4n) is 1.81.